The van der Waals surface area contributed by atoms with Gasteiger partial charge in [-0.2, -0.15) is 0 Å². The molecule has 0 heterocycles. The Bertz CT molecular complexity index is 632. The summed E-state index contributed by atoms with van der Waals surface area (Å²) in [6.45, 7) is 0.496. The van der Waals surface area contributed by atoms with E-state index in [0.29, 0.717) is 12.1 Å². The van der Waals surface area contributed by atoms with E-state index in [-0.39, 0.29) is 11.9 Å². The van der Waals surface area contributed by atoms with Crippen LogP contribution in [0.25, 0.3) is 0 Å². The fraction of sp³-hybridized carbons (Fsp3) is 0.350. The smallest absolute Gasteiger partial charge is 0.251 e. The van der Waals surface area contributed by atoms with E-state index in [9.17, 15) is 4.79 Å². The first-order valence-corrected chi connectivity index (χ1v) is 8.41. The van der Waals surface area contributed by atoms with Crippen molar-refractivity contribution in [3.8, 4) is 0 Å². The molecular formula is C20H24N2O. The van der Waals surface area contributed by atoms with Crippen molar-refractivity contribution in [2.24, 2.45) is 11.7 Å². The molecule has 1 aliphatic rings. The third kappa shape index (κ3) is 3.99. The molecule has 0 saturated heterocycles. The van der Waals surface area contributed by atoms with Gasteiger partial charge in [-0.15, -0.1) is 0 Å². The summed E-state index contributed by atoms with van der Waals surface area (Å²) in [5, 5.41) is 3.22. The van der Waals surface area contributed by atoms with Crippen molar-refractivity contribution < 1.29 is 4.79 Å². The summed E-state index contributed by atoms with van der Waals surface area (Å²) in [5.74, 6) is 0.724. The Kier molecular flexibility index (Phi) is 5.09. The monoisotopic (exact) mass is 308 g/mol. The summed E-state index contributed by atoms with van der Waals surface area (Å²) < 4.78 is 0. The van der Waals surface area contributed by atoms with E-state index in [1.807, 2.05) is 42.5 Å². The second kappa shape index (κ2) is 7.42. The highest BCUT2D eigenvalue weighted by Gasteiger charge is 2.24. The van der Waals surface area contributed by atoms with Crippen LogP contribution in [0.1, 0.15) is 53.2 Å². The molecule has 3 nitrogen and oxygen atoms in total. The molecule has 1 atom stereocenters. The Morgan fingerprint density at radius 2 is 1.78 bits per heavy atom. The normalized spacial score (nSPS) is 15.7. The van der Waals surface area contributed by atoms with Crippen LogP contribution in [0.4, 0.5) is 0 Å². The van der Waals surface area contributed by atoms with Crippen LogP contribution in [-0.2, 0) is 6.54 Å². The van der Waals surface area contributed by atoms with Gasteiger partial charge in [0, 0.05) is 12.1 Å². The van der Waals surface area contributed by atoms with E-state index in [1.165, 1.54) is 24.8 Å². The third-order valence-electron chi connectivity index (χ3n) is 4.75. The average Bonchev–Trinajstić information content (AvgIpc) is 2.57. The molecule has 3 N–H and O–H groups in total. The van der Waals surface area contributed by atoms with Gasteiger partial charge in [-0.25, -0.2) is 0 Å². The molecule has 0 spiro atoms. The van der Waals surface area contributed by atoms with Crippen molar-refractivity contribution in [3.63, 3.8) is 0 Å². The van der Waals surface area contributed by atoms with Gasteiger partial charge in [0.25, 0.3) is 5.91 Å². The van der Waals surface area contributed by atoms with Crippen LogP contribution in [0.15, 0.2) is 54.6 Å². The Morgan fingerprint density at radius 3 is 2.35 bits per heavy atom. The van der Waals surface area contributed by atoms with Gasteiger partial charge in [-0.3, -0.25) is 4.79 Å². The van der Waals surface area contributed by atoms with E-state index < -0.39 is 0 Å². The van der Waals surface area contributed by atoms with E-state index >= 15 is 0 Å². The van der Waals surface area contributed by atoms with Gasteiger partial charge in [-0.05, 0) is 35.6 Å². The molecule has 1 amide bonds. The fourth-order valence-electron chi connectivity index (χ4n) is 3.06. The maximum absolute atomic E-state index is 12.6. The summed E-state index contributed by atoms with van der Waals surface area (Å²) in [6, 6.07) is 17.9. The lowest BCUT2D eigenvalue weighted by molar-refractivity contribution is 0.0925. The average molecular weight is 308 g/mol. The molecule has 1 unspecified atom stereocenters. The van der Waals surface area contributed by atoms with Gasteiger partial charge in [0.15, 0.2) is 0 Å². The lowest BCUT2D eigenvalue weighted by atomic mass is 9.79. The number of nitrogens with one attached hydrogen (secondary N) is 1. The van der Waals surface area contributed by atoms with Crippen molar-refractivity contribution in [1.82, 2.24) is 5.32 Å². The lowest BCUT2D eigenvalue weighted by Gasteiger charge is -2.30. The molecular weight excluding hydrogens is 284 g/mol. The second-order valence-corrected chi connectivity index (χ2v) is 6.37. The van der Waals surface area contributed by atoms with Gasteiger partial charge in [0.05, 0.1) is 6.04 Å². The largest absolute Gasteiger partial charge is 0.345 e. The fourth-order valence-corrected chi connectivity index (χ4v) is 3.06. The summed E-state index contributed by atoms with van der Waals surface area (Å²) in [6.07, 6.45) is 4.91. The Morgan fingerprint density at radius 1 is 1.09 bits per heavy atom. The maximum Gasteiger partial charge on any atom is 0.251 e. The number of amides is 1. The summed E-state index contributed by atoms with van der Waals surface area (Å²) in [5.41, 5.74) is 8.52. The van der Waals surface area contributed by atoms with E-state index in [1.54, 1.807) is 0 Å². The van der Waals surface area contributed by atoms with Gasteiger partial charge < -0.3 is 11.1 Å². The Labute approximate surface area is 137 Å². The first-order valence-electron chi connectivity index (χ1n) is 8.41. The zero-order valence-electron chi connectivity index (χ0n) is 13.4. The van der Waals surface area contributed by atoms with Gasteiger partial charge in [0.2, 0.25) is 0 Å². The number of carbonyl (C=O) groups is 1. The highest BCUT2D eigenvalue weighted by molar-refractivity contribution is 5.94. The molecule has 3 heteroatoms. The van der Waals surface area contributed by atoms with Crippen molar-refractivity contribution >= 4 is 5.91 Å². The van der Waals surface area contributed by atoms with E-state index in [2.05, 4.69) is 17.4 Å². The summed E-state index contributed by atoms with van der Waals surface area (Å²) in [4.78, 5) is 12.6. The predicted octanol–water partition coefficient (Wildman–Crippen LogP) is 3.81. The molecule has 2 aromatic carbocycles. The zero-order valence-corrected chi connectivity index (χ0v) is 13.4. The lowest BCUT2D eigenvalue weighted by Crippen LogP contribution is -2.31. The second-order valence-electron chi connectivity index (χ2n) is 6.37. The van der Waals surface area contributed by atoms with Crippen molar-refractivity contribution in [2.75, 3.05) is 0 Å². The zero-order chi connectivity index (χ0) is 16.1. The Hall–Kier alpha value is -2.13. The van der Waals surface area contributed by atoms with Crippen molar-refractivity contribution in [3.05, 3.63) is 71.3 Å². The number of hydrogen-bond acceptors (Lipinski definition) is 2. The molecule has 1 aliphatic carbocycles. The number of rotatable bonds is 6. The molecule has 3 rings (SSSR count). The van der Waals surface area contributed by atoms with Gasteiger partial charge in [0.1, 0.15) is 0 Å². The molecule has 0 bridgehead atoms. The summed E-state index contributed by atoms with van der Waals surface area (Å²) >= 11 is 0. The first kappa shape index (κ1) is 15.8. The minimum atomic E-state index is -0.0123. The third-order valence-corrected chi connectivity index (χ3v) is 4.75. The molecule has 1 fully saturated rings. The first-order chi connectivity index (χ1) is 11.3. The quantitative estimate of drug-likeness (QED) is 0.852. The number of nitrogens with two attached hydrogens (primary N) is 1. The minimum absolute atomic E-state index is 0.0123. The van der Waals surface area contributed by atoms with Crippen LogP contribution in [0.5, 0.6) is 0 Å². The van der Waals surface area contributed by atoms with Crippen LogP contribution >= 0.6 is 0 Å². The number of hydrogen-bond donors (Lipinski definition) is 2. The molecule has 0 radical (unpaired) electrons. The van der Waals surface area contributed by atoms with Crippen LogP contribution in [0.2, 0.25) is 0 Å². The maximum atomic E-state index is 12.6. The molecule has 0 aromatic heterocycles. The van der Waals surface area contributed by atoms with E-state index in [0.717, 1.165) is 17.9 Å². The molecule has 23 heavy (non-hydrogen) atoms. The highest BCUT2D eigenvalue weighted by Crippen LogP contribution is 2.34. The van der Waals surface area contributed by atoms with Gasteiger partial charge in [-0.1, -0.05) is 61.7 Å². The van der Waals surface area contributed by atoms with Crippen molar-refractivity contribution in [2.45, 2.75) is 38.3 Å². The standard InChI is InChI=1S/C20H24N2O/c21-14-16-9-11-18(12-10-16)20(23)22-19(13-15-5-4-6-15)17-7-2-1-3-8-17/h1-3,7-12,15,19H,4-6,13-14,21H2,(H,22,23). The topological polar surface area (TPSA) is 55.1 Å². The minimum Gasteiger partial charge on any atom is -0.345 e. The molecule has 0 aliphatic heterocycles. The Balaban J connectivity index is 1.72. The number of carbonyl (C=O) groups excluding carboxylic acids is 1. The SMILES string of the molecule is NCc1ccc(C(=O)NC(CC2CCC2)c2ccccc2)cc1. The molecule has 1 saturated carbocycles. The van der Waals surface area contributed by atoms with Crippen LogP contribution in [-0.4, -0.2) is 5.91 Å². The summed E-state index contributed by atoms with van der Waals surface area (Å²) in [7, 11) is 0. The van der Waals surface area contributed by atoms with Crippen LogP contribution < -0.4 is 11.1 Å². The van der Waals surface area contributed by atoms with Crippen LogP contribution in [0.3, 0.4) is 0 Å². The van der Waals surface area contributed by atoms with E-state index in [4.69, 9.17) is 5.73 Å². The molecule has 2 aromatic rings. The number of benzene rings is 2. The highest BCUT2D eigenvalue weighted by atomic mass is 16.1. The predicted molar refractivity (Wildman–Crippen MR) is 92.9 cm³/mol. The molecule has 120 valence electrons. The van der Waals surface area contributed by atoms with Crippen LogP contribution in [0, 0.1) is 5.92 Å². The van der Waals surface area contributed by atoms with Gasteiger partial charge >= 0.3 is 0 Å². The van der Waals surface area contributed by atoms with Crippen molar-refractivity contribution in [1.29, 1.82) is 0 Å².